The van der Waals surface area contributed by atoms with Gasteiger partial charge in [0.15, 0.2) is 0 Å². The fraction of sp³-hybridized carbons (Fsp3) is 0.867. The molecule has 3 atom stereocenters. The molecule has 0 heterocycles. The number of carbonyl (C=O) groups excluding carboxylic acids is 1. The fourth-order valence-corrected chi connectivity index (χ4v) is 2.90. The second kappa shape index (κ2) is 8.82. The number of aliphatic carboxylic acids is 1. The molecule has 0 radical (unpaired) electrons. The third-order valence-electron chi connectivity index (χ3n) is 4.05. The predicted molar refractivity (Wildman–Crippen MR) is 78.6 cm³/mol. The van der Waals surface area contributed by atoms with Gasteiger partial charge in [-0.05, 0) is 38.0 Å². The lowest BCUT2D eigenvalue weighted by atomic mass is 9.81. The Morgan fingerprint density at radius 1 is 1.35 bits per heavy atom. The molecule has 3 N–H and O–H groups in total. The van der Waals surface area contributed by atoms with E-state index in [-0.39, 0.29) is 18.5 Å². The molecule has 0 aromatic heterocycles. The number of carboxylic acids is 1. The molecule has 5 heteroatoms. The van der Waals surface area contributed by atoms with Crippen LogP contribution < -0.4 is 10.6 Å². The lowest BCUT2D eigenvalue weighted by molar-refractivity contribution is -0.137. The van der Waals surface area contributed by atoms with Crippen molar-refractivity contribution in [2.24, 2.45) is 11.8 Å². The molecule has 116 valence electrons. The van der Waals surface area contributed by atoms with E-state index in [0.717, 1.165) is 18.3 Å². The highest BCUT2D eigenvalue weighted by molar-refractivity contribution is 5.74. The third kappa shape index (κ3) is 7.36. The number of nitrogens with one attached hydrogen (secondary N) is 2. The Morgan fingerprint density at radius 3 is 2.75 bits per heavy atom. The number of urea groups is 1. The van der Waals surface area contributed by atoms with Gasteiger partial charge in [0.1, 0.15) is 0 Å². The fourth-order valence-electron chi connectivity index (χ4n) is 2.90. The van der Waals surface area contributed by atoms with E-state index in [1.807, 2.05) is 6.92 Å². The minimum Gasteiger partial charge on any atom is -0.481 e. The highest BCUT2D eigenvalue weighted by Gasteiger charge is 2.18. The van der Waals surface area contributed by atoms with Gasteiger partial charge in [0.2, 0.25) is 0 Å². The minimum absolute atomic E-state index is 0.0847. The molecule has 3 unspecified atom stereocenters. The van der Waals surface area contributed by atoms with Gasteiger partial charge in [-0.15, -0.1) is 0 Å². The Kier molecular flexibility index (Phi) is 7.41. The van der Waals surface area contributed by atoms with Crippen LogP contribution in [-0.2, 0) is 4.79 Å². The highest BCUT2D eigenvalue weighted by atomic mass is 16.4. The summed E-state index contributed by atoms with van der Waals surface area (Å²) in [6, 6.07) is -0.299. The standard InChI is InChI=1S/C15H28N2O3/c1-11-4-3-5-13(10-11)8-9-16-15(20)17-12(2)6-7-14(18)19/h11-13H,3-10H2,1-2H3,(H,18,19)(H2,16,17,20). The number of carbonyl (C=O) groups is 2. The van der Waals surface area contributed by atoms with Crippen molar-refractivity contribution in [1.82, 2.24) is 10.6 Å². The summed E-state index contributed by atoms with van der Waals surface area (Å²) in [6.45, 7) is 4.83. The van der Waals surface area contributed by atoms with Crippen LogP contribution in [0.25, 0.3) is 0 Å². The molecule has 0 aromatic carbocycles. The lowest BCUT2D eigenvalue weighted by Crippen LogP contribution is -2.41. The van der Waals surface area contributed by atoms with Crippen molar-refractivity contribution in [2.75, 3.05) is 6.54 Å². The van der Waals surface area contributed by atoms with Crippen LogP contribution in [0.2, 0.25) is 0 Å². The molecule has 0 aromatic rings. The van der Waals surface area contributed by atoms with Crippen molar-refractivity contribution >= 4 is 12.0 Å². The van der Waals surface area contributed by atoms with E-state index < -0.39 is 5.97 Å². The van der Waals surface area contributed by atoms with E-state index >= 15 is 0 Å². The van der Waals surface area contributed by atoms with Gasteiger partial charge in [0.05, 0.1) is 0 Å². The van der Waals surface area contributed by atoms with E-state index in [0.29, 0.717) is 13.0 Å². The minimum atomic E-state index is -0.828. The van der Waals surface area contributed by atoms with Crippen LogP contribution in [-0.4, -0.2) is 29.7 Å². The summed E-state index contributed by atoms with van der Waals surface area (Å²) >= 11 is 0. The smallest absolute Gasteiger partial charge is 0.314 e. The van der Waals surface area contributed by atoms with Crippen molar-refractivity contribution in [2.45, 2.75) is 64.8 Å². The molecule has 1 aliphatic carbocycles. The Morgan fingerprint density at radius 2 is 2.10 bits per heavy atom. The molecule has 1 fully saturated rings. The van der Waals surface area contributed by atoms with E-state index in [1.54, 1.807) is 0 Å². The van der Waals surface area contributed by atoms with Gasteiger partial charge in [-0.3, -0.25) is 4.79 Å². The Labute approximate surface area is 121 Å². The summed E-state index contributed by atoms with van der Waals surface area (Å²) in [6.07, 6.45) is 6.79. The average molecular weight is 284 g/mol. The first-order valence-corrected chi connectivity index (χ1v) is 7.73. The van der Waals surface area contributed by atoms with Crippen LogP contribution in [0.15, 0.2) is 0 Å². The first-order valence-electron chi connectivity index (χ1n) is 7.73. The Balaban J connectivity index is 2.08. The second-order valence-corrected chi connectivity index (χ2v) is 6.16. The first kappa shape index (κ1) is 16.8. The third-order valence-corrected chi connectivity index (χ3v) is 4.05. The first-order chi connectivity index (χ1) is 9.47. The summed E-state index contributed by atoms with van der Waals surface area (Å²) in [7, 11) is 0. The number of carboxylic acid groups (broad SMARTS) is 1. The Bertz CT molecular complexity index is 320. The van der Waals surface area contributed by atoms with Crippen LogP contribution >= 0.6 is 0 Å². The summed E-state index contributed by atoms with van der Waals surface area (Å²) in [5, 5.41) is 14.2. The van der Waals surface area contributed by atoms with E-state index in [9.17, 15) is 9.59 Å². The summed E-state index contributed by atoms with van der Waals surface area (Å²) in [4.78, 5) is 22.1. The van der Waals surface area contributed by atoms with Gasteiger partial charge in [-0.1, -0.05) is 26.2 Å². The van der Waals surface area contributed by atoms with Crippen molar-refractivity contribution in [3.8, 4) is 0 Å². The second-order valence-electron chi connectivity index (χ2n) is 6.16. The lowest BCUT2D eigenvalue weighted by Gasteiger charge is -2.26. The van der Waals surface area contributed by atoms with Crippen LogP contribution in [0.3, 0.4) is 0 Å². The molecule has 0 spiro atoms. The maximum atomic E-state index is 11.6. The maximum Gasteiger partial charge on any atom is 0.314 e. The average Bonchev–Trinajstić information content (AvgIpc) is 2.36. The highest BCUT2D eigenvalue weighted by Crippen LogP contribution is 2.30. The molecular formula is C15H28N2O3. The van der Waals surface area contributed by atoms with E-state index in [4.69, 9.17) is 5.11 Å². The molecular weight excluding hydrogens is 256 g/mol. The zero-order valence-electron chi connectivity index (χ0n) is 12.7. The van der Waals surface area contributed by atoms with Crippen molar-refractivity contribution < 1.29 is 14.7 Å². The monoisotopic (exact) mass is 284 g/mol. The van der Waals surface area contributed by atoms with Gasteiger partial charge in [0.25, 0.3) is 0 Å². The van der Waals surface area contributed by atoms with Crippen LogP contribution in [0.5, 0.6) is 0 Å². The van der Waals surface area contributed by atoms with Crippen molar-refractivity contribution in [3.63, 3.8) is 0 Å². The van der Waals surface area contributed by atoms with Crippen LogP contribution in [0.1, 0.15) is 58.8 Å². The largest absolute Gasteiger partial charge is 0.481 e. The number of hydrogen-bond acceptors (Lipinski definition) is 2. The molecule has 0 aliphatic heterocycles. The zero-order valence-corrected chi connectivity index (χ0v) is 12.7. The van der Waals surface area contributed by atoms with Crippen molar-refractivity contribution in [1.29, 1.82) is 0 Å². The molecule has 1 aliphatic rings. The van der Waals surface area contributed by atoms with Gasteiger partial charge in [-0.25, -0.2) is 4.79 Å². The topological polar surface area (TPSA) is 78.4 Å². The van der Waals surface area contributed by atoms with Crippen LogP contribution in [0.4, 0.5) is 4.79 Å². The van der Waals surface area contributed by atoms with E-state index in [1.165, 1.54) is 25.7 Å². The number of rotatable bonds is 7. The molecule has 20 heavy (non-hydrogen) atoms. The van der Waals surface area contributed by atoms with Gasteiger partial charge in [-0.2, -0.15) is 0 Å². The van der Waals surface area contributed by atoms with Gasteiger partial charge < -0.3 is 15.7 Å². The molecule has 1 rings (SSSR count). The molecule has 0 bridgehead atoms. The molecule has 1 saturated carbocycles. The van der Waals surface area contributed by atoms with Gasteiger partial charge in [0, 0.05) is 19.0 Å². The number of amides is 2. The quantitative estimate of drug-likeness (QED) is 0.672. The molecule has 2 amide bonds. The molecule has 0 saturated heterocycles. The van der Waals surface area contributed by atoms with E-state index in [2.05, 4.69) is 17.6 Å². The SMILES string of the molecule is CC1CCCC(CCNC(=O)NC(C)CCC(=O)O)C1. The zero-order chi connectivity index (χ0) is 15.0. The summed E-state index contributed by atoms with van der Waals surface area (Å²) < 4.78 is 0. The molecule has 5 nitrogen and oxygen atoms in total. The van der Waals surface area contributed by atoms with Gasteiger partial charge >= 0.3 is 12.0 Å². The summed E-state index contributed by atoms with van der Waals surface area (Å²) in [5.74, 6) is 0.729. The number of hydrogen-bond donors (Lipinski definition) is 3. The van der Waals surface area contributed by atoms with Crippen molar-refractivity contribution in [3.05, 3.63) is 0 Å². The maximum absolute atomic E-state index is 11.6. The van der Waals surface area contributed by atoms with Crippen LogP contribution in [0, 0.1) is 11.8 Å². The Hall–Kier alpha value is -1.26. The predicted octanol–water partition coefficient (Wildman–Crippen LogP) is 2.76. The summed E-state index contributed by atoms with van der Waals surface area (Å²) in [5.41, 5.74) is 0. The normalized spacial score (nSPS) is 23.9.